The van der Waals surface area contributed by atoms with Gasteiger partial charge in [0.25, 0.3) is 0 Å². The first kappa shape index (κ1) is 10.6. The standard InChI is InChI=1S/C9H19NO/c1-4-9(5-2)10-7-6-8(3)11/h9-10H,4-7H2,1-3H3. The molecule has 0 heterocycles. The lowest BCUT2D eigenvalue weighted by atomic mass is 10.1. The molecule has 0 fully saturated rings. The Hall–Kier alpha value is -0.370. The minimum absolute atomic E-state index is 0.267. The molecule has 0 aliphatic rings. The number of ketones is 1. The van der Waals surface area contributed by atoms with Crippen LogP contribution < -0.4 is 5.32 Å². The topological polar surface area (TPSA) is 29.1 Å². The van der Waals surface area contributed by atoms with Crippen molar-refractivity contribution in [2.75, 3.05) is 6.54 Å². The van der Waals surface area contributed by atoms with Gasteiger partial charge in [0.05, 0.1) is 0 Å². The van der Waals surface area contributed by atoms with E-state index in [2.05, 4.69) is 19.2 Å². The van der Waals surface area contributed by atoms with Crippen molar-refractivity contribution in [3.63, 3.8) is 0 Å². The van der Waals surface area contributed by atoms with E-state index in [0.717, 1.165) is 19.4 Å². The van der Waals surface area contributed by atoms with Crippen LogP contribution >= 0.6 is 0 Å². The van der Waals surface area contributed by atoms with Gasteiger partial charge in [0.15, 0.2) is 0 Å². The van der Waals surface area contributed by atoms with Gasteiger partial charge in [-0.3, -0.25) is 4.79 Å². The number of carbonyl (C=O) groups excluding carboxylic acids is 1. The zero-order valence-electron chi connectivity index (χ0n) is 7.81. The molecular formula is C9H19NO. The molecule has 0 aromatic heterocycles. The van der Waals surface area contributed by atoms with E-state index in [1.807, 2.05) is 0 Å². The summed E-state index contributed by atoms with van der Waals surface area (Å²) in [6.45, 7) is 6.79. The zero-order valence-corrected chi connectivity index (χ0v) is 7.81. The first-order valence-electron chi connectivity index (χ1n) is 4.43. The molecule has 2 heteroatoms. The van der Waals surface area contributed by atoms with E-state index >= 15 is 0 Å². The third-order valence-electron chi connectivity index (χ3n) is 1.90. The average molecular weight is 157 g/mol. The highest BCUT2D eigenvalue weighted by molar-refractivity contribution is 5.75. The molecule has 0 unspecified atom stereocenters. The van der Waals surface area contributed by atoms with Crippen LogP contribution in [0.15, 0.2) is 0 Å². The summed E-state index contributed by atoms with van der Waals surface area (Å²) in [4.78, 5) is 10.6. The SMILES string of the molecule is CCC(CC)NCCC(C)=O. The van der Waals surface area contributed by atoms with E-state index < -0.39 is 0 Å². The van der Waals surface area contributed by atoms with Crippen LogP contribution in [0.4, 0.5) is 0 Å². The molecule has 0 bridgehead atoms. The monoisotopic (exact) mass is 157 g/mol. The van der Waals surface area contributed by atoms with Gasteiger partial charge in [-0.05, 0) is 19.8 Å². The van der Waals surface area contributed by atoms with Crippen molar-refractivity contribution in [2.24, 2.45) is 0 Å². The average Bonchev–Trinajstić information content (AvgIpc) is 1.98. The lowest BCUT2D eigenvalue weighted by molar-refractivity contribution is -0.116. The highest BCUT2D eigenvalue weighted by Gasteiger charge is 2.01. The minimum atomic E-state index is 0.267. The molecule has 0 aliphatic carbocycles. The molecule has 1 N–H and O–H groups in total. The second-order valence-electron chi connectivity index (χ2n) is 2.92. The summed E-state index contributed by atoms with van der Waals surface area (Å²) in [5, 5.41) is 3.33. The zero-order chi connectivity index (χ0) is 8.69. The second-order valence-corrected chi connectivity index (χ2v) is 2.92. The number of hydrogen-bond acceptors (Lipinski definition) is 2. The van der Waals surface area contributed by atoms with Crippen LogP contribution in [0.25, 0.3) is 0 Å². The molecule has 0 saturated carbocycles. The molecule has 11 heavy (non-hydrogen) atoms. The molecule has 0 atom stereocenters. The Morgan fingerprint density at radius 1 is 1.36 bits per heavy atom. The number of carbonyl (C=O) groups is 1. The van der Waals surface area contributed by atoms with Gasteiger partial charge in [-0.1, -0.05) is 13.8 Å². The van der Waals surface area contributed by atoms with Gasteiger partial charge in [-0.25, -0.2) is 0 Å². The van der Waals surface area contributed by atoms with Crippen LogP contribution in [0, 0.1) is 0 Å². The maximum absolute atomic E-state index is 10.6. The molecule has 0 radical (unpaired) electrons. The molecule has 0 spiro atoms. The normalized spacial score (nSPS) is 10.5. The summed E-state index contributed by atoms with van der Waals surface area (Å²) in [7, 11) is 0. The molecule has 0 aromatic carbocycles. The lowest BCUT2D eigenvalue weighted by Crippen LogP contribution is -2.29. The molecule has 0 aliphatic heterocycles. The first-order chi connectivity index (χ1) is 5.20. The molecule has 0 saturated heterocycles. The Bertz CT molecular complexity index is 108. The Morgan fingerprint density at radius 2 is 1.91 bits per heavy atom. The largest absolute Gasteiger partial charge is 0.314 e. The van der Waals surface area contributed by atoms with Gasteiger partial charge in [0.2, 0.25) is 0 Å². The molecule has 2 nitrogen and oxygen atoms in total. The predicted octanol–water partition coefficient (Wildman–Crippen LogP) is 1.74. The van der Waals surface area contributed by atoms with E-state index in [1.165, 1.54) is 0 Å². The van der Waals surface area contributed by atoms with Crippen molar-refractivity contribution in [3.8, 4) is 0 Å². The summed E-state index contributed by atoms with van der Waals surface area (Å²) < 4.78 is 0. The van der Waals surface area contributed by atoms with E-state index in [9.17, 15) is 4.79 Å². The van der Waals surface area contributed by atoms with E-state index in [0.29, 0.717) is 12.5 Å². The number of hydrogen-bond donors (Lipinski definition) is 1. The van der Waals surface area contributed by atoms with Crippen LogP contribution in [-0.4, -0.2) is 18.4 Å². The fraction of sp³-hybridized carbons (Fsp3) is 0.889. The summed E-state index contributed by atoms with van der Waals surface area (Å²) in [6, 6.07) is 0.592. The molecule has 0 amide bonds. The van der Waals surface area contributed by atoms with Crippen molar-refractivity contribution in [3.05, 3.63) is 0 Å². The summed E-state index contributed by atoms with van der Waals surface area (Å²) in [5.74, 6) is 0.267. The van der Waals surface area contributed by atoms with E-state index in [-0.39, 0.29) is 5.78 Å². The Balaban J connectivity index is 3.28. The Morgan fingerprint density at radius 3 is 2.27 bits per heavy atom. The quantitative estimate of drug-likeness (QED) is 0.636. The first-order valence-corrected chi connectivity index (χ1v) is 4.43. The van der Waals surface area contributed by atoms with Crippen LogP contribution in [0.3, 0.4) is 0 Å². The highest BCUT2D eigenvalue weighted by Crippen LogP contribution is 1.95. The van der Waals surface area contributed by atoms with Crippen molar-refractivity contribution in [2.45, 2.75) is 46.1 Å². The molecule has 0 aromatic rings. The van der Waals surface area contributed by atoms with Gasteiger partial charge in [-0.15, -0.1) is 0 Å². The minimum Gasteiger partial charge on any atom is -0.314 e. The summed E-state index contributed by atoms with van der Waals surface area (Å²) in [6.07, 6.45) is 2.96. The van der Waals surface area contributed by atoms with Crippen LogP contribution in [0.1, 0.15) is 40.0 Å². The van der Waals surface area contributed by atoms with Crippen LogP contribution in [0.2, 0.25) is 0 Å². The predicted molar refractivity (Wildman–Crippen MR) is 47.7 cm³/mol. The maximum atomic E-state index is 10.6. The van der Waals surface area contributed by atoms with Gasteiger partial charge < -0.3 is 5.32 Å². The molecule has 66 valence electrons. The van der Waals surface area contributed by atoms with Gasteiger partial charge in [0, 0.05) is 19.0 Å². The number of rotatable bonds is 6. The lowest BCUT2D eigenvalue weighted by Gasteiger charge is -2.13. The number of nitrogens with one attached hydrogen (secondary N) is 1. The van der Waals surface area contributed by atoms with Crippen molar-refractivity contribution in [1.29, 1.82) is 0 Å². The fourth-order valence-corrected chi connectivity index (χ4v) is 1.03. The van der Waals surface area contributed by atoms with Gasteiger partial charge in [-0.2, -0.15) is 0 Å². The second kappa shape index (κ2) is 6.35. The summed E-state index contributed by atoms with van der Waals surface area (Å²) >= 11 is 0. The molecule has 0 rings (SSSR count). The smallest absolute Gasteiger partial charge is 0.131 e. The van der Waals surface area contributed by atoms with Gasteiger partial charge in [0.1, 0.15) is 5.78 Å². The third kappa shape index (κ3) is 6.05. The van der Waals surface area contributed by atoms with Gasteiger partial charge >= 0.3 is 0 Å². The summed E-state index contributed by atoms with van der Waals surface area (Å²) in [5.41, 5.74) is 0. The Kier molecular flexibility index (Phi) is 6.13. The molecular weight excluding hydrogens is 138 g/mol. The van der Waals surface area contributed by atoms with Crippen molar-refractivity contribution < 1.29 is 4.79 Å². The maximum Gasteiger partial charge on any atom is 0.131 e. The van der Waals surface area contributed by atoms with E-state index in [1.54, 1.807) is 6.92 Å². The van der Waals surface area contributed by atoms with E-state index in [4.69, 9.17) is 0 Å². The fourth-order valence-electron chi connectivity index (χ4n) is 1.03. The van der Waals surface area contributed by atoms with Crippen molar-refractivity contribution >= 4 is 5.78 Å². The Labute approximate surface area is 69.4 Å². The van der Waals surface area contributed by atoms with Crippen LogP contribution in [-0.2, 0) is 4.79 Å². The highest BCUT2D eigenvalue weighted by atomic mass is 16.1. The van der Waals surface area contributed by atoms with Crippen molar-refractivity contribution in [1.82, 2.24) is 5.32 Å². The van der Waals surface area contributed by atoms with Crippen LogP contribution in [0.5, 0.6) is 0 Å². The third-order valence-corrected chi connectivity index (χ3v) is 1.90. The number of Topliss-reactive ketones (excluding diaryl/α,β-unsaturated/α-hetero) is 1.